The fraction of sp³-hybridized carbons (Fsp3) is 0.786. The highest BCUT2D eigenvalue weighted by atomic mass is 35.5. The van der Waals surface area contributed by atoms with E-state index in [1.807, 2.05) is 13.8 Å². The zero-order valence-corrected chi connectivity index (χ0v) is 12.5. The molecule has 0 radical (unpaired) electrons. The van der Waals surface area contributed by atoms with Gasteiger partial charge in [0.2, 0.25) is 11.2 Å². The average Bonchev–Trinajstić information content (AvgIpc) is 2.77. The van der Waals surface area contributed by atoms with E-state index in [0.29, 0.717) is 18.0 Å². The van der Waals surface area contributed by atoms with E-state index in [2.05, 4.69) is 20.3 Å². The molecule has 0 saturated heterocycles. The van der Waals surface area contributed by atoms with E-state index in [1.54, 1.807) is 0 Å². The van der Waals surface area contributed by atoms with E-state index in [-0.39, 0.29) is 11.4 Å². The molecule has 3 fully saturated rings. The van der Waals surface area contributed by atoms with Crippen molar-refractivity contribution in [2.45, 2.75) is 45.3 Å². The van der Waals surface area contributed by atoms with Gasteiger partial charge in [0.15, 0.2) is 0 Å². The number of fused-ring (bicyclic) bond motifs is 5. The van der Waals surface area contributed by atoms with Gasteiger partial charge >= 0.3 is 6.01 Å². The Kier molecular flexibility index (Phi) is 2.81. The van der Waals surface area contributed by atoms with Crippen molar-refractivity contribution in [2.75, 3.05) is 5.32 Å². The first kappa shape index (κ1) is 12.6. The van der Waals surface area contributed by atoms with Crippen molar-refractivity contribution in [3.05, 3.63) is 5.28 Å². The summed E-state index contributed by atoms with van der Waals surface area (Å²) < 4.78 is 5.50. The Morgan fingerprint density at radius 3 is 2.50 bits per heavy atom. The minimum atomic E-state index is 0.0254. The van der Waals surface area contributed by atoms with Crippen LogP contribution in [0, 0.1) is 23.7 Å². The van der Waals surface area contributed by atoms with E-state index in [9.17, 15) is 0 Å². The van der Waals surface area contributed by atoms with Gasteiger partial charge in [-0.2, -0.15) is 15.0 Å². The smallest absolute Gasteiger partial charge is 0.322 e. The summed E-state index contributed by atoms with van der Waals surface area (Å²) in [4.78, 5) is 12.5. The SMILES string of the molecule is CC(C)Oc1nc(Cl)nc(NC2C3C4CCC(C4)C23)n1. The largest absolute Gasteiger partial charge is 0.461 e. The molecule has 6 heteroatoms. The lowest BCUT2D eigenvalue weighted by Gasteiger charge is -2.12. The summed E-state index contributed by atoms with van der Waals surface area (Å²) in [7, 11) is 0. The van der Waals surface area contributed by atoms with Crippen LogP contribution in [0.25, 0.3) is 0 Å². The van der Waals surface area contributed by atoms with Gasteiger partial charge in [-0.15, -0.1) is 0 Å². The van der Waals surface area contributed by atoms with Crippen molar-refractivity contribution in [3.8, 4) is 6.01 Å². The molecule has 20 heavy (non-hydrogen) atoms. The Morgan fingerprint density at radius 1 is 1.15 bits per heavy atom. The van der Waals surface area contributed by atoms with Crippen molar-refractivity contribution in [3.63, 3.8) is 0 Å². The van der Waals surface area contributed by atoms with Gasteiger partial charge in [-0.3, -0.25) is 0 Å². The number of anilines is 1. The molecule has 4 rings (SSSR count). The maximum absolute atomic E-state index is 5.95. The predicted octanol–water partition coefficient (Wildman–Crippen LogP) is 2.77. The number of rotatable bonds is 4. The van der Waals surface area contributed by atoms with Gasteiger partial charge in [-0.25, -0.2) is 0 Å². The summed E-state index contributed by atoms with van der Waals surface area (Å²) in [6.45, 7) is 3.88. The molecule has 108 valence electrons. The summed E-state index contributed by atoms with van der Waals surface area (Å²) in [6, 6.07) is 0.836. The van der Waals surface area contributed by atoms with Crippen LogP contribution in [0.3, 0.4) is 0 Å². The van der Waals surface area contributed by atoms with Gasteiger partial charge in [-0.1, -0.05) is 0 Å². The molecule has 3 aliphatic rings. The second-order valence-corrected chi connectivity index (χ2v) is 6.87. The minimum Gasteiger partial charge on any atom is -0.461 e. The minimum absolute atomic E-state index is 0.0254. The summed E-state index contributed by atoms with van der Waals surface area (Å²) in [5, 5.41) is 3.63. The second-order valence-electron chi connectivity index (χ2n) is 6.54. The van der Waals surface area contributed by atoms with Gasteiger partial charge < -0.3 is 10.1 Å². The molecule has 5 nitrogen and oxygen atoms in total. The standard InChI is InChI=1S/C14H19ClN4O/c1-6(2)20-14-18-12(15)17-13(19-14)16-11-9-7-3-4-8(5-7)10(9)11/h6-11H,3-5H2,1-2H3,(H,16,17,18,19). The Balaban J connectivity index is 1.48. The number of hydrogen-bond acceptors (Lipinski definition) is 5. The molecule has 1 heterocycles. The van der Waals surface area contributed by atoms with Crippen molar-refractivity contribution in [2.24, 2.45) is 23.7 Å². The molecule has 4 unspecified atom stereocenters. The lowest BCUT2D eigenvalue weighted by atomic mass is 10.0. The molecular formula is C14H19ClN4O. The van der Waals surface area contributed by atoms with Gasteiger partial charge in [0.25, 0.3) is 0 Å². The van der Waals surface area contributed by atoms with Crippen molar-refractivity contribution in [1.29, 1.82) is 0 Å². The number of ether oxygens (including phenoxy) is 1. The molecule has 2 bridgehead atoms. The van der Waals surface area contributed by atoms with Gasteiger partial charge in [0.05, 0.1) is 6.10 Å². The molecule has 0 aliphatic heterocycles. The van der Waals surface area contributed by atoms with Crippen LogP contribution in [-0.2, 0) is 0 Å². The molecule has 4 atom stereocenters. The van der Waals surface area contributed by atoms with Gasteiger partial charge in [0.1, 0.15) is 0 Å². The molecule has 0 spiro atoms. The van der Waals surface area contributed by atoms with E-state index < -0.39 is 0 Å². The highest BCUT2D eigenvalue weighted by molar-refractivity contribution is 6.28. The predicted molar refractivity (Wildman–Crippen MR) is 75.8 cm³/mol. The molecule has 3 aliphatic carbocycles. The Hall–Kier alpha value is -1.10. The van der Waals surface area contributed by atoms with E-state index >= 15 is 0 Å². The van der Waals surface area contributed by atoms with Gasteiger partial charge in [-0.05, 0) is 68.4 Å². The maximum Gasteiger partial charge on any atom is 0.322 e. The van der Waals surface area contributed by atoms with Crippen LogP contribution in [0.1, 0.15) is 33.1 Å². The Morgan fingerprint density at radius 2 is 1.85 bits per heavy atom. The van der Waals surface area contributed by atoms with Crippen LogP contribution in [0.5, 0.6) is 6.01 Å². The van der Waals surface area contributed by atoms with Crippen LogP contribution in [0.15, 0.2) is 0 Å². The first-order valence-corrected chi connectivity index (χ1v) is 7.84. The molecule has 0 amide bonds. The van der Waals surface area contributed by atoms with Crippen LogP contribution < -0.4 is 10.1 Å². The molecule has 1 aromatic heterocycles. The quantitative estimate of drug-likeness (QED) is 0.925. The number of aromatic nitrogens is 3. The Labute approximate surface area is 123 Å². The highest BCUT2D eigenvalue weighted by Gasteiger charge is 2.65. The van der Waals surface area contributed by atoms with Crippen molar-refractivity contribution >= 4 is 17.5 Å². The highest BCUT2D eigenvalue weighted by Crippen LogP contribution is 2.66. The molecular weight excluding hydrogens is 276 g/mol. The third-order valence-corrected chi connectivity index (χ3v) is 5.13. The Bertz CT molecular complexity index is 522. The third-order valence-electron chi connectivity index (χ3n) is 4.96. The third kappa shape index (κ3) is 2.03. The fourth-order valence-electron chi connectivity index (χ4n) is 4.33. The van der Waals surface area contributed by atoms with E-state index in [1.165, 1.54) is 19.3 Å². The van der Waals surface area contributed by atoms with Crippen LogP contribution in [0.2, 0.25) is 5.28 Å². The lowest BCUT2D eigenvalue weighted by molar-refractivity contribution is 0.222. The first-order valence-electron chi connectivity index (χ1n) is 7.46. The monoisotopic (exact) mass is 294 g/mol. The molecule has 1 N–H and O–H groups in total. The summed E-state index contributed by atoms with van der Waals surface area (Å²) in [5.41, 5.74) is 0. The van der Waals surface area contributed by atoms with Gasteiger partial charge in [0, 0.05) is 6.04 Å². The summed E-state index contributed by atoms with van der Waals surface area (Å²) in [5.74, 6) is 4.06. The van der Waals surface area contributed by atoms with Crippen molar-refractivity contribution < 1.29 is 4.74 Å². The second kappa shape index (κ2) is 4.45. The van der Waals surface area contributed by atoms with Crippen LogP contribution in [0.4, 0.5) is 5.95 Å². The molecule has 0 aromatic carbocycles. The zero-order valence-electron chi connectivity index (χ0n) is 11.7. The zero-order chi connectivity index (χ0) is 13.9. The topological polar surface area (TPSA) is 59.9 Å². The van der Waals surface area contributed by atoms with Crippen LogP contribution in [-0.4, -0.2) is 27.1 Å². The summed E-state index contributed by atoms with van der Waals surface area (Å²) in [6.07, 6.45) is 4.28. The fourth-order valence-corrected chi connectivity index (χ4v) is 4.48. The lowest BCUT2D eigenvalue weighted by Crippen LogP contribution is -2.16. The number of nitrogens with zero attached hydrogens (tertiary/aromatic N) is 3. The normalized spacial score (nSPS) is 37.1. The molecule has 3 saturated carbocycles. The average molecular weight is 295 g/mol. The van der Waals surface area contributed by atoms with Crippen molar-refractivity contribution in [1.82, 2.24) is 15.0 Å². The van der Waals surface area contributed by atoms with E-state index in [0.717, 1.165) is 23.7 Å². The first-order chi connectivity index (χ1) is 9.61. The summed E-state index contributed by atoms with van der Waals surface area (Å²) >= 11 is 5.95. The van der Waals surface area contributed by atoms with Crippen LogP contribution >= 0.6 is 11.6 Å². The number of nitrogens with one attached hydrogen (secondary N) is 1. The number of halogens is 1. The number of hydrogen-bond donors (Lipinski definition) is 1. The molecule has 1 aromatic rings. The van der Waals surface area contributed by atoms with E-state index in [4.69, 9.17) is 16.3 Å². The maximum atomic E-state index is 5.95.